The third-order valence-electron chi connectivity index (χ3n) is 16.0. The van der Waals surface area contributed by atoms with Crippen molar-refractivity contribution in [1.82, 2.24) is 0 Å². The molecule has 0 aliphatic rings. The van der Waals surface area contributed by atoms with Crippen LogP contribution in [-0.2, 0) is 65.4 Å². The number of ether oxygens (including phenoxy) is 4. The molecule has 0 bridgehead atoms. The van der Waals surface area contributed by atoms with Crippen LogP contribution in [0.25, 0.3) is 0 Å². The van der Waals surface area contributed by atoms with Crippen LogP contribution >= 0.6 is 15.6 Å². The Morgan fingerprint density at radius 3 is 0.865 bits per heavy atom. The van der Waals surface area contributed by atoms with Crippen LogP contribution in [0.2, 0.25) is 0 Å². The predicted molar refractivity (Wildman–Crippen MR) is 427 cm³/mol. The molecule has 0 aromatic heterocycles. The van der Waals surface area contributed by atoms with Crippen molar-refractivity contribution in [1.29, 1.82) is 0 Å². The minimum absolute atomic E-state index is 0.0285. The third-order valence-corrected chi connectivity index (χ3v) is 17.9. The number of unbranched alkanes of at least 4 members (excludes halogenated alkanes) is 21. The first-order valence-corrected chi connectivity index (χ1v) is 42.7. The lowest BCUT2D eigenvalue weighted by Gasteiger charge is -2.21. The van der Waals surface area contributed by atoms with Gasteiger partial charge in [-0.3, -0.25) is 37.3 Å². The van der Waals surface area contributed by atoms with Crippen LogP contribution < -0.4 is 0 Å². The Bertz CT molecular complexity index is 2590. The van der Waals surface area contributed by atoms with E-state index in [0.717, 1.165) is 180 Å². The predicted octanol–water partition coefficient (Wildman–Crippen LogP) is 23.2. The van der Waals surface area contributed by atoms with Gasteiger partial charge in [0.2, 0.25) is 0 Å². The number of rotatable bonds is 73. The molecule has 0 spiro atoms. The standard InChI is InChI=1S/C85H140O17P2/c1-5-9-13-17-21-25-29-32-35-37-39-41-44-46-50-53-57-61-65-69-82(87)95-75-80(101-84(89)71-67-63-59-55-49-28-24-20-16-12-8-4)77-99-103(91,92)97-73-79(86)74-98-104(93,94)100-78-81(102-85(90)72-68-64-60-56-52-48-43-34-31-27-23-19-15-11-7-3)76-96-83(88)70-66-62-58-54-51-47-45-42-40-38-36-33-30-26-22-18-14-10-6-2/h9-10,13-14,20-27,32-36,39-43,47,51,58,62,79-81,86H,5-8,11-12,15-19,28-31,37-38,44-46,48-50,52-57,59-61,63-78H2,1-4H3,(H,91,92)(H,93,94)/b13-9-,14-10-,24-20-,25-21-,26-22-,27-23-,35-32-,36-33-,41-39-,42-40-,43-34-,51-47-,62-58-. The second kappa shape index (κ2) is 75.9. The fourth-order valence-electron chi connectivity index (χ4n) is 9.95. The fourth-order valence-corrected chi connectivity index (χ4v) is 11.5. The van der Waals surface area contributed by atoms with E-state index in [0.29, 0.717) is 32.1 Å². The van der Waals surface area contributed by atoms with Crippen molar-refractivity contribution in [3.63, 3.8) is 0 Å². The molecule has 0 saturated carbocycles. The maximum atomic E-state index is 13.1. The summed E-state index contributed by atoms with van der Waals surface area (Å²) in [5, 5.41) is 10.6. The summed E-state index contributed by atoms with van der Waals surface area (Å²) in [6.07, 6.45) is 88.1. The maximum Gasteiger partial charge on any atom is 0.472 e. The molecular formula is C85H140O17P2. The molecule has 0 radical (unpaired) electrons. The fraction of sp³-hybridized carbons (Fsp3) is 0.647. The van der Waals surface area contributed by atoms with Gasteiger partial charge in [0, 0.05) is 25.7 Å². The van der Waals surface area contributed by atoms with Crippen LogP contribution in [0.3, 0.4) is 0 Å². The molecule has 0 aromatic carbocycles. The summed E-state index contributed by atoms with van der Waals surface area (Å²) >= 11 is 0. The lowest BCUT2D eigenvalue weighted by molar-refractivity contribution is -0.161. The van der Waals surface area contributed by atoms with Crippen LogP contribution in [0.4, 0.5) is 0 Å². The smallest absolute Gasteiger partial charge is 0.462 e. The van der Waals surface area contributed by atoms with Crippen LogP contribution in [0.1, 0.15) is 297 Å². The number of hydrogen-bond acceptors (Lipinski definition) is 15. The molecule has 0 amide bonds. The summed E-state index contributed by atoms with van der Waals surface area (Å²) in [6.45, 7) is 4.44. The first kappa shape index (κ1) is 98.7. The average Bonchev–Trinajstić information content (AvgIpc) is 0.929. The quantitative estimate of drug-likeness (QED) is 0.0169. The van der Waals surface area contributed by atoms with Gasteiger partial charge in [0.25, 0.3) is 0 Å². The number of esters is 4. The molecule has 0 aromatic rings. The van der Waals surface area contributed by atoms with Crippen molar-refractivity contribution in [3.05, 3.63) is 158 Å². The topological polar surface area (TPSA) is 237 Å². The van der Waals surface area contributed by atoms with Crippen molar-refractivity contribution in [3.8, 4) is 0 Å². The molecule has 0 rings (SSSR count). The zero-order valence-electron chi connectivity index (χ0n) is 64.6. The Hall–Kier alpha value is -5.32. The lowest BCUT2D eigenvalue weighted by Crippen LogP contribution is -2.30. The van der Waals surface area contributed by atoms with Gasteiger partial charge in [0.15, 0.2) is 12.2 Å². The zero-order valence-corrected chi connectivity index (χ0v) is 66.4. The molecule has 0 aliphatic carbocycles. The molecule has 104 heavy (non-hydrogen) atoms. The van der Waals surface area contributed by atoms with Gasteiger partial charge >= 0.3 is 39.5 Å². The van der Waals surface area contributed by atoms with E-state index >= 15 is 0 Å². The number of aliphatic hydroxyl groups excluding tert-OH is 1. The van der Waals surface area contributed by atoms with E-state index in [-0.39, 0.29) is 25.7 Å². The van der Waals surface area contributed by atoms with Crippen molar-refractivity contribution in [2.75, 3.05) is 39.6 Å². The number of carbonyl (C=O) groups excluding carboxylic acids is 4. The first-order valence-electron chi connectivity index (χ1n) is 39.7. The van der Waals surface area contributed by atoms with E-state index in [1.807, 2.05) is 18.2 Å². The largest absolute Gasteiger partial charge is 0.472 e. The number of hydrogen-bond donors (Lipinski definition) is 3. The SMILES string of the molecule is CC/C=C\C/C=C\C/C=C\C/C=C\C/C=C\C/C=C\CCC(=O)OCC(COP(=O)(O)OCC(O)COP(=O)(O)OCC(COC(=O)CCCCCCCC/C=C\C/C=C\C/C=C\C/C=C\CC)OC(=O)CCCCCCC/C=C\CCCC)OC(=O)CCCCCCC/C=C\C/C=C\CCCCC. The van der Waals surface area contributed by atoms with E-state index in [4.69, 9.17) is 37.0 Å². The highest BCUT2D eigenvalue weighted by Gasteiger charge is 2.30. The number of phosphoric ester groups is 2. The van der Waals surface area contributed by atoms with Gasteiger partial charge in [0.05, 0.1) is 26.4 Å². The molecule has 3 N–H and O–H groups in total. The minimum atomic E-state index is -5.00. The average molecular weight is 1500 g/mol. The van der Waals surface area contributed by atoms with Crippen LogP contribution in [-0.4, -0.2) is 96.7 Å². The Kier molecular flexibility index (Phi) is 72.0. The molecule has 17 nitrogen and oxygen atoms in total. The van der Waals surface area contributed by atoms with Crippen LogP contribution in [0.5, 0.6) is 0 Å². The Morgan fingerprint density at radius 2 is 0.529 bits per heavy atom. The monoisotopic (exact) mass is 1490 g/mol. The highest BCUT2D eigenvalue weighted by Crippen LogP contribution is 2.45. The van der Waals surface area contributed by atoms with Gasteiger partial charge < -0.3 is 33.8 Å². The van der Waals surface area contributed by atoms with E-state index < -0.39 is 97.5 Å². The van der Waals surface area contributed by atoms with E-state index in [2.05, 4.69) is 167 Å². The van der Waals surface area contributed by atoms with Crippen molar-refractivity contribution >= 4 is 39.5 Å². The van der Waals surface area contributed by atoms with Crippen molar-refractivity contribution < 1.29 is 80.2 Å². The molecule has 0 heterocycles. The normalized spacial score (nSPS) is 14.7. The summed E-state index contributed by atoms with van der Waals surface area (Å²) < 4.78 is 68.4. The second-order valence-corrected chi connectivity index (χ2v) is 28.8. The molecule has 0 aliphatic heterocycles. The van der Waals surface area contributed by atoms with Gasteiger partial charge in [0.1, 0.15) is 19.3 Å². The molecule has 0 fully saturated rings. The molecule has 19 heteroatoms. The summed E-state index contributed by atoms with van der Waals surface area (Å²) in [7, 11) is -9.99. The Morgan fingerprint density at radius 1 is 0.279 bits per heavy atom. The van der Waals surface area contributed by atoms with E-state index in [1.54, 1.807) is 0 Å². The first-order chi connectivity index (χ1) is 50.7. The van der Waals surface area contributed by atoms with Gasteiger partial charge in [-0.25, -0.2) is 9.13 Å². The summed E-state index contributed by atoms with van der Waals surface area (Å²) in [5.74, 6) is -2.32. The molecule has 5 atom stereocenters. The van der Waals surface area contributed by atoms with Crippen molar-refractivity contribution in [2.24, 2.45) is 0 Å². The van der Waals surface area contributed by atoms with Crippen LogP contribution in [0.15, 0.2) is 158 Å². The van der Waals surface area contributed by atoms with Gasteiger partial charge in [-0.2, -0.15) is 0 Å². The van der Waals surface area contributed by atoms with Gasteiger partial charge in [-0.15, -0.1) is 0 Å². The third kappa shape index (κ3) is 74.9. The summed E-state index contributed by atoms with van der Waals surface area (Å²) in [6, 6.07) is 0. The highest BCUT2D eigenvalue weighted by atomic mass is 31.2. The van der Waals surface area contributed by atoms with Crippen molar-refractivity contribution in [2.45, 2.75) is 316 Å². The Labute approximate surface area is 629 Å². The van der Waals surface area contributed by atoms with Gasteiger partial charge in [-0.1, -0.05) is 276 Å². The molecular weight excluding hydrogens is 1350 g/mol. The van der Waals surface area contributed by atoms with E-state index in [9.17, 15) is 43.2 Å². The minimum Gasteiger partial charge on any atom is -0.462 e. The number of allylic oxidation sites excluding steroid dienone is 26. The van der Waals surface area contributed by atoms with E-state index in [1.165, 1.54) is 32.1 Å². The van der Waals surface area contributed by atoms with Crippen LogP contribution in [0, 0.1) is 0 Å². The number of carbonyl (C=O) groups is 4. The Balaban J connectivity index is 5.41. The number of aliphatic hydroxyl groups is 1. The second-order valence-electron chi connectivity index (χ2n) is 25.9. The lowest BCUT2D eigenvalue weighted by atomic mass is 10.1. The molecule has 5 unspecified atom stereocenters. The van der Waals surface area contributed by atoms with Gasteiger partial charge in [-0.05, 0) is 154 Å². The number of phosphoric acid groups is 2. The molecule has 592 valence electrons. The summed E-state index contributed by atoms with van der Waals surface area (Å²) in [4.78, 5) is 72.9. The molecule has 0 saturated heterocycles. The zero-order chi connectivity index (χ0) is 76.0. The summed E-state index contributed by atoms with van der Waals surface area (Å²) in [5.41, 5.74) is 0. The highest BCUT2D eigenvalue weighted by molar-refractivity contribution is 7.47. The maximum absolute atomic E-state index is 13.1.